The van der Waals surface area contributed by atoms with Crippen LogP contribution in [0.5, 0.6) is 10.9 Å². The Balaban J connectivity index is 1.50. The summed E-state index contributed by atoms with van der Waals surface area (Å²) in [6.45, 7) is 1.39. The SMILES string of the molecule is Cc1nsc(Oc2ccc(Nc3nc(=O)c4c(ncn4CC(F)F)n3Cc3ccc(Cl)cc3)cc2)n1. The number of anilines is 2. The van der Waals surface area contributed by atoms with Crippen molar-refractivity contribution in [3.8, 4) is 10.9 Å². The first kappa shape index (κ1) is 23.8. The van der Waals surface area contributed by atoms with Gasteiger partial charge in [0, 0.05) is 22.2 Å². The maximum atomic E-state index is 13.1. The number of nitrogens with one attached hydrogen (secondary N) is 1. The Morgan fingerprint density at radius 2 is 1.86 bits per heavy atom. The molecule has 5 rings (SSSR count). The lowest BCUT2D eigenvalue weighted by molar-refractivity contribution is 0.128. The summed E-state index contributed by atoms with van der Waals surface area (Å²) in [4.78, 5) is 25.4. The Morgan fingerprint density at radius 1 is 1.11 bits per heavy atom. The first-order valence-electron chi connectivity index (χ1n) is 10.7. The number of alkyl halides is 2. The monoisotopic (exact) mass is 529 g/mol. The first-order valence-corrected chi connectivity index (χ1v) is 11.8. The largest absolute Gasteiger partial charge is 0.430 e. The van der Waals surface area contributed by atoms with Crippen LogP contribution >= 0.6 is 23.1 Å². The van der Waals surface area contributed by atoms with Crippen molar-refractivity contribution in [2.45, 2.75) is 26.4 Å². The number of benzene rings is 2. The van der Waals surface area contributed by atoms with Crippen molar-refractivity contribution in [2.24, 2.45) is 0 Å². The predicted octanol–water partition coefficient (Wildman–Crippen LogP) is 5.26. The molecular formula is C23H18ClF2N7O2S. The van der Waals surface area contributed by atoms with Gasteiger partial charge < -0.3 is 14.6 Å². The van der Waals surface area contributed by atoms with Gasteiger partial charge in [-0.25, -0.2) is 13.8 Å². The third-order valence-electron chi connectivity index (χ3n) is 5.15. The normalized spacial score (nSPS) is 11.4. The first-order chi connectivity index (χ1) is 17.4. The quantitative estimate of drug-likeness (QED) is 0.293. The van der Waals surface area contributed by atoms with E-state index in [2.05, 4.69) is 24.6 Å². The molecule has 0 radical (unpaired) electrons. The lowest BCUT2D eigenvalue weighted by Gasteiger charge is -2.15. The molecule has 1 N–H and O–H groups in total. The standard InChI is InChI=1S/C23H18ClF2N7O2S/c1-13-28-23(36-31-13)35-17-8-6-16(7-9-17)29-22-30-21(34)19-20(27-12-32(19)11-18(25)26)33(22)10-14-2-4-15(24)5-3-14/h2-9,12,18H,10-11H2,1H3,(H,29,30,34). The highest BCUT2D eigenvalue weighted by Gasteiger charge is 2.18. The summed E-state index contributed by atoms with van der Waals surface area (Å²) < 4.78 is 38.7. The zero-order chi connectivity index (χ0) is 25.2. The fourth-order valence-electron chi connectivity index (χ4n) is 3.56. The maximum absolute atomic E-state index is 13.1. The van der Waals surface area contributed by atoms with Gasteiger partial charge in [-0.15, -0.1) is 0 Å². The summed E-state index contributed by atoms with van der Waals surface area (Å²) in [6.07, 6.45) is -1.42. The molecule has 36 heavy (non-hydrogen) atoms. The van der Waals surface area contributed by atoms with E-state index in [9.17, 15) is 13.6 Å². The fourth-order valence-corrected chi connectivity index (χ4v) is 4.24. The highest BCUT2D eigenvalue weighted by atomic mass is 35.5. The van der Waals surface area contributed by atoms with Gasteiger partial charge >= 0.3 is 5.56 Å². The van der Waals surface area contributed by atoms with Gasteiger partial charge in [-0.1, -0.05) is 23.7 Å². The molecule has 0 aliphatic rings. The lowest BCUT2D eigenvalue weighted by Crippen LogP contribution is -2.21. The molecule has 0 saturated heterocycles. The number of imidazole rings is 1. The summed E-state index contributed by atoms with van der Waals surface area (Å²) in [6, 6.07) is 14.1. The fraction of sp³-hybridized carbons (Fsp3) is 0.174. The smallest absolute Gasteiger partial charge is 0.300 e. The molecule has 0 fully saturated rings. The summed E-state index contributed by atoms with van der Waals surface area (Å²) in [5, 5.41) is 4.13. The van der Waals surface area contributed by atoms with Gasteiger partial charge in [0.05, 0.1) is 19.4 Å². The van der Waals surface area contributed by atoms with E-state index >= 15 is 0 Å². The van der Waals surface area contributed by atoms with Crippen LogP contribution in [0.2, 0.25) is 5.02 Å². The molecular weight excluding hydrogens is 512 g/mol. The van der Waals surface area contributed by atoms with Crippen LogP contribution in [-0.4, -0.2) is 34.9 Å². The van der Waals surface area contributed by atoms with Crippen LogP contribution in [0.25, 0.3) is 11.2 Å². The summed E-state index contributed by atoms with van der Waals surface area (Å²) >= 11 is 7.16. The third kappa shape index (κ3) is 5.19. The van der Waals surface area contributed by atoms with Crippen LogP contribution in [-0.2, 0) is 13.1 Å². The van der Waals surface area contributed by atoms with Crippen LogP contribution in [0.3, 0.4) is 0 Å². The Labute approximate surface area is 212 Å². The lowest BCUT2D eigenvalue weighted by atomic mass is 10.2. The molecule has 0 saturated carbocycles. The Hall–Kier alpha value is -3.90. The molecule has 184 valence electrons. The highest BCUT2D eigenvalue weighted by Crippen LogP contribution is 2.26. The number of aryl methyl sites for hydroxylation is 1. The second kappa shape index (κ2) is 9.99. The van der Waals surface area contributed by atoms with Gasteiger partial charge in [0.25, 0.3) is 11.6 Å². The zero-order valence-electron chi connectivity index (χ0n) is 18.7. The van der Waals surface area contributed by atoms with E-state index in [0.29, 0.717) is 27.5 Å². The van der Waals surface area contributed by atoms with E-state index in [1.165, 1.54) is 6.33 Å². The van der Waals surface area contributed by atoms with Crippen molar-refractivity contribution in [3.05, 3.63) is 81.6 Å². The number of aromatic nitrogens is 6. The van der Waals surface area contributed by atoms with Gasteiger partial charge in [0.1, 0.15) is 11.6 Å². The molecule has 2 aromatic carbocycles. The molecule has 0 bridgehead atoms. The van der Waals surface area contributed by atoms with Crippen molar-refractivity contribution >= 4 is 45.9 Å². The Morgan fingerprint density at radius 3 is 2.53 bits per heavy atom. The van der Waals surface area contributed by atoms with Crippen LogP contribution in [0.1, 0.15) is 11.4 Å². The number of ether oxygens (including phenoxy) is 1. The Bertz CT molecular complexity index is 1570. The molecule has 0 unspecified atom stereocenters. The summed E-state index contributed by atoms with van der Waals surface area (Å²) in [5.74, 6) is 1.40. The van der Waals surface area contributed by atoms with Crippen molar-refractivity contribution in [1.82, 2.24) is 28.5 Å². The van der Waals surface area contributed by atoms with Crippen molar-refractivity contribution in [3.63, 3.8) is 0 Å². The topological polar surface area (TPSA) is 99.8 Å². The predicted molar refractivity (Wildman–Crippen MR) is 133 cm³/mol. The molecule has 13 heteroatoms. The van der Waals surface area contributed by atoms with Gasteiger partial charge in [0.2, 0.25) is 5.95 Å². The second-order valence-electron chi connectivity index (χ2n) is 7.77. The molecule has 3 aromatic heterocycles. The number of hydrogen-bond donors (Lipinski definition) is 1. The molecule has 3 heterocycles. The molecule has 0 spiro atoms. The number of nitrogens with zero attached hydrogens (tertiary/aromatic N) is 6. The van der Waals surface area contributed by atoms with E-state index in [-0.39, 0.29) is 23.7 Å². The minimum Gasteiger partial charge on any atom is -0.430 e. The minimum absolute atomic E-state index is 0.00547. The van der Waals surface area contributed by atoms with Gasteiger partial charge in [-0.2, -0.15) is 14.3 Å². The number of hydrogen-bond acceptors (Lipinski definition) is 8. The number of fused-ring (bicyclic) bond motifs is 1. The van der Waals surface area contributed by atoms with Crippen LogP contribution in [0, 0.1) is 6.92 Å². The van der Waals surface area contributed by atoms with E-state index in [1.807, 2.05) is 12.1 Å². The maximum Gasteiger partial charge on any atom is 0.300 e. The number of halogens is 3. The average Bonchev–Trinajstić information content (AvgIpc) is 3.45. The number of rotatable bonds is 8. The highest BCUT2D eigenvalue weighted by molar-refractivity contribution is 7.07. The molecule has 0 aliphatic heterocycles. The van der Waals surface area contributed by atoms with Gasteiger partial charge in [-0.3, -0.25) is 9.36 Å². The molecule has 0 amide bonds. The van der Waals surface area contributed by atoms with Crippen molar-refractivity contribution in [2.75, 3.05) is 5.32 Å². The van der Waals surface area contributed by atoms with Crippen molar-refractivity contribution in [1.29, 1.82) is 0 Å². The minimum atomic E-state index is -2.64. The van der Waals surface area contributed by atoms with Gasteiger partial charge in [0.15, 0.2) is 11.2 Å². The molecule has 9 nitrogen and oxygen atoms in total. The summed E-state index contributed by atoms with van der Waals surface area (Å²) in [7, 11) is 0. The average molecular weight is 530 g/mol. The summed E-state index contributed by atoms with van der Waals surface area (Å²) in [5.41, 5.74) is 1.06. The van der Waals surface area contributed by atoms with E-state index in [1.54, 1.807) is 47.9 Å². The van der Waals surface area contributed by atoms with E-state index < -0.39 is 18.5 Å². The van der Waals surface area contributed by atoms with Crippen LogP contribution in [0.15, 0.2) is 59.7 Å². The molecule has 5 aromatic rings. The Kier molecular flexibility index (Phi) is 6.61. The van der Waals surface area contributed by atoms with Crippen LogP contribution in [0.4, 0.5) is 20.4 Å². The van der Waals surface area contributed by atoms with Crippen molar-refractivity contribution < 1.29 is 13.5 Å². The third-order valence-corrected chi connectivity index (χ3v) is 6.09. The van der Waals surface area contributed by atoms with Crippen LogP contribution < -0.4 is 15.6 Å². The molecule has 0 aliphatic carbocycles. The van der Waals surface area contributed by atoms with E-state index in [0.717, 1.165) is 21.7 Å². The molecule has 0 atom stereocenters. The van der Waals surface area contributed by atoms with Gasteiger partial charge in [-0.05, 0) is 48.9 Å². The zero-order valence-corrected chi connectivity index (χ0v) is 20.3. The second-order valence-corrected chi connectivity index (χ2v) is 8.92. The van der Waals surface area contributed by atoms with E-state index in [4.69, 9.17) is 16.3 Å².